The fourth-order valence-corrected chi connectivity index (χ4v) is 3.41. The zero-order valence-corrected chi connectivity index (χ0v) is 9.06. The summed E-state index contributed by atoms with van der Waals surface area (Å²) in [5.74, 6) is 0. The predicted octanol–water partition coefficient (Wildman–Crippen LogP) is 1.95. The Hall–Kier alpha value is -0.533. The standard InChI is InChI=1S/C10H11ClSi/c11-7-12-10-5-8-3-1-2-4-9(8)6-10/h1-5H,6-7,12H2. The highest BCUT2D eigenvalue weighted by Gasteiger charge is 2.10. The average molecular weight is 195 g/mol. The van der Waals surface area contributed by atoms with Gasteiger partial charge in [0.1, 0.15) is 0 Å². The maximum absolute atomic E-state index is 5.75. The number of benzene rings is 1. The van der Waals surface area contributed by atoms with Crippen molar-refractivity contribution in [2.75, 3.05) is 5.50 Å². The fourth-order valence-electron chi connectivity index (χ4n) is 1.63. The van der Waals surface area contributed by atoms with Gasteiger partial charge in [0, 0.05) is 5.50 Å². The molecular formula is C10H11ClSi. The van der Waals surface area contributed by atoms with Crippen LogP contribution < -0.4 is 0 Å². The lowest BCUT2D eigenvalue weighted by atomic mass is 10.1. The van der Waals surface area contributed by atoms with Crippen molar-refractivity contribution in [1.29, 1.82) is 0 Å². The van der Waals surface area contributed by atoms with Crippen LogP contribution in [-0.2, 0) is 6.42 Å². The maximum Gasteiger partial charge on any atom is 0.0668 e. The van der Waals surface area contributed by atoms with Gasteiger partial charge in [0.25, 0.3) is 0 Å². The Morgan fingerprint density at radius 1 is 1.33 bits per heavy atom. The van der Waals surface area contributed by atoms with Crippen LogP contribution in [0.5, 0.6) is 0 Å². The van der Waals surface area contributed by atoms with Gasteiger partial charge in [-0.05, 0) is 17.5 Å². The van der Waals surface area contributed by atoms with E-state index in [1.165, 1.54) is 11.1 Å². The highest BCUT2D eigenvalue weighted by Crippen LogP contribution is 2.23. The molecule has 0 bridgehead atoms. The topological polar surface area (TPSA) is 0 Å². The molecule has 0 nitrogen and oxygen atoms in total. The minimum atomic E-state index is -0.139. The van der Waals surface area contributed by atoms with Crippen LogP contribution in [-0.4, -0.2) is 15.0 Å². The third-order valence-electron chi connectivity index (χ3n) is 2.25. The number of allylic oxidation sites excluding steroid dienone is 1. The molecule has 0 radical (unpaired) electrons. The van der Waals surface area contributed by atoms with E-state index in [4.69, 9.17) is 11.6 Å². The van der Waals surface area contributed by atoms with E-state index in [1.807, 2.05) is 0 Å². The average Bonchev–Trinajstić information content (AvgIpc) is 2.47. The van der Waals surface area contributed by atoms with Crippen molar-refractivity contribution < 1.29 is 0 Å². The molecule has 1 aliphatic rings. The Bertz CT molecular complexity index is 317. The first kappa shape index (κ1) is 8.08. The van der Waals surface area contributed by atoms with Gasteiger partial charge in [-0.25, -0.2) is 0 Å². The van der Waals surface area contributed by atoms with Crippen molar-refractivity contribution >= 4 is 27.2 Å². The number of halogens is 1. The molecule has 0 heterocycles. The summed E-state index contributed by atoms with van der Waals surface area (Å²) >= 11 is 5.75. The van der Waals surface area contributed by atoms with E-state index in [1.54, 1.807) is 5.20 Å². The molecule has 1 aliphatic carbocycles. The summed E-state index contributed by atoms with van der Waals surface area (Å²) in [5, 5.41) is 1.60. The molecule has 62 valence electrons. The molecule has 0 aliphatic heterocycles. The molecule has 1 aromatic rings. The van der Waals surface area contributed by atoms with Crippen LogP contribution in [0.4, 0.5) is 0 Å². The van der Waals surface area contributed by atoms with Crippen molar-refractivity contribution in [3.05, 3.63) is 40.6 Å². The van der Waals surface area contributed by atoms with Crippen LogP contribution in [0, 0.1) is 0 Å². The third kappa shape index (κ3) is 1.47. The number of hydrogen-bond donors (Lipinski definition) is 0. The van der Waals surface area contributed by atoms with Crippen LogP contribution in [0.3, 0.4) is 0 Å². The van der Waals surface area contributed by atoms with Crippen molar-refractivity contribution in [2.24, 2.45) is 0 Å². The predicted molar refractivity (Wildman–Crippen MR) is 57.4 cm³/mol. The summed E-state index contributed by atoms with van der Waals surface area (Å²) in [7, 11) is -0.139. The second kappa shape index (κ2) is 3.46. The van der Waals surface area contributed by atoms with Crippen LogP contribution in [0.2, 0.25) is 0 Å². The van der Waals surface area contributed by atoms with Crippen molar-refractivity contribution in [1.82, 2.24) is 0 Å². The number of fused-ring (bicyclic) bond motifs is 1. The molecule has 0 unspecified atom stereocenters. The van der Waals surface area contributed by atoms with E-state index in [-0.39, 0.29) is 9.52 Å². The van der Waals surface area contributed by atoms with Crippen LogP contribution in [0.25, 0.3) is 6.08 Å². The zero-order valence-electron chi connectivity index (χ0n) is 6.89. The first-order valence-electron chi connectivity index (χ1n) is 4.23. The summed E-state index contributed by atoms with van der Waals surface area (Å²) < 4.78 is 0. The minimum Gasteiger partial charge on any atom is -0.130 e. The molecule has 2 heteroatoms. The Kier molecular flexibility index (Phi) is 2.33. The van der Waals surface area contributed by atoms with E-state index in [0.29, 0.717) is 0 Å². The normalized spacial score (nSPS) is 15.2. The van der Waals surface area contributed by atoms with Gasteiger partial charge in [0.2, 0.25) is 0 Å². The van der Waals surface area contributed by atoms with Gasteiger partial charge in [-0.1, -0.05) is 35.5 Å². The fraction of sp³-hybridized carbons (Fsp3) is 0.200. The molecule has 0 saturated carbocycles. The van der Waals surface area contributed by atoms with Gasteiger partial charge in [0.05, 0.1) is 9.52 Å². The molecule has 0 amide bonds. The molecule has 0 fully saturated rings. The molecular weight excluding hydrogens is 184 g/mol. The van der Waals surface area contributed by atoms with E-state index < -0.39 is 0 Å². The van der Waals surface area contributed by atoms with Gasteiger partial charge >= 0.3 is 0 Å². The van der Waals surface area contributed by atoms with Gasteiger partial charge in [-0.3, -0.25) is 0 Å². The zero-order chi connectivity index (χ0) is 8.39. The van der Waals surface area contributed by atoms with Crippen LogP contribution in [0.15, 0.2) is 29.5 Å². The molecule has 0 N–H and O–H groups in total. The molecule has 0 atom stereocenters. The Labute approximate surface area is 80.1 Å². The summed E-state index contributed by atoms with van der Waals surface area (Å²) in [4.78, 5) is 0. The third-order valence-corrected chi connectivity index (χ3v) is 4.10. The van der Waals surface area contributed by atoms with Gasteiger partial charge < -0.3 is 0 Å². The van der Waals surface area contributed by atoms with E-state index in [9.17, 15) is 0 Å². The summed E-state index contributed by atoms with van der Waals surface area (Å²) in [6.45, 7) is 0. The smallest absolute Gasteiger partial charge is 0.0668 e. The summed E-state index contributed by atoms with van der Waals surface area (Å²) in [6.07, 6.45) is 3.49. The second-order valence-electron chi connectivity index (χ2n) is 3.12. The van der Waals surface area contributed by atoms with Gasteiger partial charge in [-0.2, -0.15) is 0 Å². The number of alkyl halides is 1. The van der Waals surface area contributed by atoms with Gasteiger partial charge in [-0.15, -0.1) is 11.6 Å². The van der Waals surface area contributed by atoms with E-state index in [0.717, 1.165) is 11.9 Å². The highest BCUT2D eigenvalue weighted by atomic mass is 35.5. The van der Waals surface area contributed by atoms with Crippen molar-refractivity contribution in [3.8, 4) is 0 Å². The van der Waals surface area contributed by atoms with Crippen molar-refractivity contribution in [3.63, 3.8) is 0 Å². The number of hydrogen-bond acceptors (Lipinski definition) is 0. The Balaban J connectivity index is 2.23. The van der Waals surface area contributed by atoms with E-state index >= 15 is 0 Å². The first-order chi connectivity index (χ1) is 5.90. The van der Waals surface area contributed by atoms with Gasteiger partial charge in [0.15, 0.2) is 0 Å². The van der Waals surface area contributed by atoms with Crippen molar-refractivity contribution in [2.45, 2.75) is 6.42 Å². The Morgan fingerprint density at radius 3 is 2.92 bits per heavy atom. The lowest BCUT2D eigenvalue weighted by Gasteiger charge is -1.96. The Morgan fingerprint density at radius 2 is 2.17 bits per heavy atom. The quantitative estimate of drug-likeness (QED) is 0.499. The van der Waals surface area contributed by atoms with Crippen LogP contribution >= 0.6 is 11.6 Å². The lowest BCUT2D eigenvalue weighted by Crippen LogP contribution is -1.97. The highest BCUT2D eigenvalue weighted by molar-refractivity contribution is 6.57. The molecule has 2 rings (SSSR count). The monoisotopic (exact) mass is 194 g/mol. The lowest BCUT2D eigenvalue weighted by molar-refractivity contribution is 1.28. The number of rotatable bonds is 2. The maximum atomic E-state index is 5.75. The van der Waals surface area contributed by atoms with E-state index in [2.05, 4.69) is 30.3 Å². The largest absolute Gasteiger partial charge is 0.130 e. The second-order valence-corrected chi connectivity index (χ2v) is 6.04. The molecule has 0 aromatic heterocycles. The SMILES string of the molecule is ClC[SiH2]C1=Cc2ccccc2C1. The molecule has 0 spiro atoms. The summed E-state index contributed by atoms with van der Waals surface area (Å²) in [6, 6.07) is 8.60. The minimum absolute atomic E-state index is 0.139. The van der Waals surface area contributed by atoms with Crippen LogP contribution in [0.1, 0.15) is 11.1 Å². The molecule has 0 saturated heterocycles. The molecule has 12 heavy (non-hydrogen) atoms. The summed E-state index contributed by atoms with van der Waals surface area (Å²) in [5.41, 5.74) is 3.76. The molecule has 1 aromatic carbocycles. The first-order valence-corrected chi connectivity index (χ1v) is 6.47.